The monoisotopic (exact) mass is 1090 g/mol. The van der Waals surface area contributed by atoms with Crippen LogP contribution in [0.2, 0.25) is 0 Å². The number of pyridine rings is 2. The summed E-state index contributed by atoms with van der Waals surface area (Å²) in [4.78, 5) is 109. The average Bonchev–Trinajstić information content (AvgIpc) is 4.14. The number of fused-ring (bicyclic) bond motifs is 5. The first-order valence-electron chi connectivity index (χ1n) is 26.6. The smallest absolute Gasteiger partial charge is 0.258 e. The quantitative estimate of drug-likeness (QED) is 0.0322. The highest BCUT2D eigenvalue weighted by molar-refractivity contribution is 6.28. The Kier molecular flexibility index (Phi) is 16.8. The van der Waals surface area contributed by atoms with Crippen LogP contribution in [0.3, 0.4) is 0 Å². The minimum atomic E-state index is -1.57. The standard InChI is InChI=1S/C59H63FN8O12/c1-6-59(77)35(5)80-30-41-42(59)24-46-56-40(29-67(46)58(41)76)55-47(16-15-39-34(4)43(60)25-44(66-56)54(39)55)79-20-19-78-31-64-50(71)27-63-57(75)45(23-36-11-8-7-9-12-36)65-51(72)28-62-49(70)26-61-48(69)14-10-13-38-32(2)21-37(22-33(38)3)68-52(73)17-18-53(68)74/h7-9,11-12,17-18,21-22,24-25,45,47,77H,5-6,10,13-16,19-20,23,26-31H2,1-4H3,(H,61,69)(H,62,70)(H,63,75)(H,64,71)(H,65,72)/t45-,47-,59+/m0/s1. The second-order valence-corrected chi connectivity index (χ2v) is 20.3. The molecule has 21 heteroatoms. The van der Waals surface area contributed by atoms with Crippen LogP contribution in [0, 0.1) is 26.6 Å². The molecule has 7 amide bonds. The lowest BCUT2D eigenvalue weighted by Gasteiger charge is -2.35. The number of rotatable bonds is 22. The van der Waals surface area contributed by atoms with Gasteiger partial charge in [-0.25, -0.2) is 14.3 Å². The van der Waals surface area contributed by atoms with Gasteiger partial charge in [-0.3, -0.25) is 38.4 Å². The molecular formula is C59H63FN8O12. The molecule has 0 radical (unpaired) electrons. The molecule has 5 heterocycles. The number of carbonyl (C=O) groups excluding carboxylic acids is 7. The van der Waals surface area contributed by atoms with Crippen LogP contribution in [-0.2, 0) is 85.8 Å². The molecule has 0 unspecified atom stereocenters. The molecule has 3 aliphatic heterocycles. The summed E-state index contributed by atoms with van der Waals surface area (Å²) in [6.45, 7) is 9.97. The van der Waals surface area contributed by atoms with E-state index in [9.17, 15) is 43.5 Å². The predicted octanol–water partition coefficient (Wildman–Crippen LogP) is 3.75. The largest absolute Gasteiger partial charge is 0.490 e. The molecular weight excluding hydrogens is 1030 g/mol. The number of ether oxygens (including phenoxy) is 3. The molecule has 0 fully saturated rings. The van der Waals surface area contributed by atoms with Crippen molar-refractivity contribution in [3.05, 3.63) is 151 Å². The maximum atomic E-state index is 15.4. The summed E-state index contributed by atoms with van der Waals surface area (Å²) in [6.07, 6.45) is 4.44. The van der Waals surface area contributed by atoms with Crippen LogP contribution in [0.5, 0.6) is 0 Å². The van der Waals surface area contributed by atoms with Gasteiger partial charge in [-0.1, -0.05) is 43.8 Å². The van der Waals surface area contributed by atoms with Crippen LogP contribution in [0.1, 0.15) is 94.3 Å². The number of aryl methyl sites for hydroxylation is 3. The SMILES string of the molecule is C=C1OCc2c(cc3n(c2=O)Cc2c-3nc3cc(F)c(C)c4c3c2[C@@H](OCCOCNC(=O)CNC(=O)[C@H](Cc2ccccc2)NC(=O)CNC(=O)CNC(=O)CCCc2c(C)cc(N3C(=O)C=CC3=O)cc2C)CC4)[C@@]1(O)CC. The number of hydrogen-bond acceptors (Lipinski definition) is 13. The fraction of sp³-hybridized carbons (Fsp3) is 0.373. The van der Waals surface area contributed by atoms with E-state index in [0.29, 0.717) is 65.0 Å². The predicted molar refractivity (Wildman–Crippen MR) is 291 cm³/mol. The van der Waals surface area contributed by atoms with E-state index in [-0.39, 0.29) is 81.9 Å². The van der Waals surface area contributed by atoms with Gasteiger partial charge in [0.2, 0.25) is 29.5 Å². The number of hydrogen-bond donors (Lipinski definition) is 6. The van der Waals surface area contributed by atoms with Crippen molar-refractivity contribution in [1.29, 1.82) is 0 Å². The maximum absolute atomic E-state index is 15.4. The number of amides is 7. The van der Waals surface area contributed by atoms with Gasteiger partial charge in [0.05, 0.1) is 73.7 Å². The van der Waals surface area contributed by atoms with Crippen LogP contribution in [0.15, 0.2) is 83.9 Å². The summed E-state index contributed by atoms with van der Waals surface area (Å²) in [6, 6.07) is 14.5. The van der Waals surface area contributed by atoms with Gasteiger partial charge in [0.25, 0.3) is 17.4 Å². The first kappa shape index (κ1) is 56.3. The molecule has 80 heavy (non-hydrogen) atoms. The average molecular weight is 1100 g/mol. The minimum absolute atomic E-state index is 0.0332. The van der Waals surface area contributed by atoms with E-state index >= 15 is 4.39 Å². The Balaban J connectivity index is 0.723. The van der Waals surface area contributed by atoms with Crippen LogP contribution in [0.4, 0.5) is 10.1 Å². The summed E-state index contributed by atoms with van der Waals surface area (Å²) in [7, 11) is 0. The molecule has 0 bridgehead atoms. The van der Waals surface area contributed by atoms with Crippen molar-refractivity contribution in [2.45, 2.75) is 104 Å². The summed E-state index contributed by atoms with van der Waals surface area (Å²) >= 11 is 0. The van der Waals surface area contributed by atoms with E-state index in [4.69, 9.17) is 19.2 Å². The molecule has 5 aromatic rings. The Morgan fingerprint density at radius 2 is 1.56 bits per heavy atom. The van der Waals surface area contributed by atoms with Crippen molar-refractivity contribution in [1.82, 2.24) is 36.1 Å². The molecule has 9 rings (SSSR count). The van der Waals surface area contributed by atoms with Crippen LogP contribution in [0.25, 0.3) is 22.3 Å². The number of aromatic nitrogens is 2. The molecule has 2 aromatic heterocycles. The minimum Gasteiger partial charge on any atom is -0.490 e. The number of halogens is 1. The Morgan fingerprint density at radius 1 is 0.875 bits per heavy atom. The normalized spacial score (nSPS) is 17.1. The molecule has 0 spiro atoms. The topological polar surface area (TPSA) is 266 Å². The highest BCUT2D eigenvalue weighted by Gasteiger charge is 2.42. The molecule has 4 aliphatic rings. The van der Waals surface area contributed by atoms with Crippen LogP contribution >= 0.6 is 0 Å². The molecule has 6 N–H and O–H groups in total. The summed E-state index contributed by atoms with van der Waals surface area (Å²) in [5, 5.41) is 25.2. The third-order valence-electron chi connectivity index (χ3n) is 15.2. The highest BCUT2D eigenvalue weighted by Crippen LogP contribution is 2.47. The van der Waals surface area contributed by atoms with Gasteiger partial charge in [-0.2, -0.15) is 0 Å². The van der Waals surface area contributed by atoms with E-state index in [2.05, 4.69) is 33.2 Å². The molecule has 1 aliphatic carbocycles. The number of nitrogens with one attached hydrogen (secondary N) is 5. The van der Waals surface area contributed by atoms with E-state index in [1.807, 2.05) is 13.8 Å². The van der Waals surface area contributed by atoms with E-state index < -0.39 is 66.3 Å². The molecule has 0 saturated carbocycles. The zero-order valence-electron chi connectivity index (χ0n) is 45.0. The van der Waals surface area contributed by atoms with Crippen molar-refractivity contribution >= 4 is 57.9 Å². The van der Waals surface area contributed by atoms with E-state index in [1.54, 1.807) is 66.9 Å². The molecule has 3 atom stereocenters. The summed E-state index contributed by atoms with van der Waals surface area (Å²) in [5.41, 5.74) is 7.15. The second-order valence-electron chi connectivity index (χ2n) is 20.3. The number of aliphatic hydroxyl groups is 1. The van der Waals surface area contributed by atoms with Gasteiger partial charge in [0.1, 0.15) is 36.6 Å². The van der Waals surface area contributed by atoms with Gasteiger partial charge in [-0.15, -0.1) is 0 Å². The van der Waals surface area contributed by atoms with Gasteiger partial charge in [-0.05, 0) is 110 Å². The molecule has 0 saturated heterocycles. The van der Waals surface area contributed by atoms with Crippen LogP contribution in [-0.4, -0.2) is 102 Å². The zero-order chi connectivity index (χ0) is 57.0. The Hall–Kier alpha value is -8.40. The molecule has 3 aromatic carbocycles. The molecule has 20 nitrogen and oxygen atoms in total. The maximum Gasteiger partial charge on any atom is 0.258 e. The Bertz CT molecular complexity index is 3430. The van der Waals surface area contributed by atoms with Crippen molar-refractivity contribution in [2.24, 2.45) is 0 Å². The van der Waals surface area contributed by atoms with Crippen LogP contribution < -0.4 is 37.0 Å². The van der Waals surface area contributed by atoms with Gasteiger partial charge in [0.15, 0.2) is 0 Å². The third-order valence-corrected chi connectivity index (χ3v) is 15.2. The number of anilines is 1. The van der Waals surface area contributed by atoms with Gasteiger partial charge in [0, 0.05) is 47.6 Å². The number of carbonyl (C=O) groups is 7. The van der Waals surface area contributed by atoms with Gasteiger partial charge < -0.3 is 50.5 Å². The highest BCUT2D eigenvalue weighted by atomic mass is 19.1. The van der Waals surface area contributed by atoms with Crippen molar-refractivity contribution in [3.63, 3.8) is 0 Å². The number of nitrogens with zero attached hydrogens (tertiary/aromatic N) is 3. The lowest BCUT2D eigenvalue weighted by atomic mass is 9.82. The first-order chi connectivity index (χ1) is 38.4. The van der Waals surface area contributed by atoms with Crippen molar-refractivity contribution < 1.29 is 57.3 Å². The van der Waals surface area contributed by atoms with E-state index in [1.165, 1.54) is 18.2 Å². The Labute approximate surface area is 460 Å². The number of benzene rings is 3. The fourth-order valence-corrected chi connectivity index (χ4v) is 11.0. The van der Waals surface area contributed by atoms with E-state index in [0.717, 1.165) is 49.2 Å². The lowest BCUT2D eigenvalue weighted by Crippen LogP contribution is -2.52. The zero-order valence-corrected chi connectivity index (χ0v) is 45.0. The summed E-state index contributed by atoms with van der Waals surface area (Å²) in [5.74, 6) is -3.95. The second kappa shape index (κ2) is 23.9. The third kappa shape index (κ3) is 11.7. The molecule has 418 valence electrons. The summed E-state index contributed by atoms with van der Waals surface area (Å²) < 4.78 is 34.8. The fourth-order valence-electron chi connectivity index (χ4n) is 11.0. The number of imide groups is 1. The first-order valence-corrected chi connectivity index (χ1v) is 26.6. The Morgan fingerprint density at radius 3 is 2.29 bits per heavy atom. The van der Waals surface area contributed by atoms with Crippen molar-refractivity contribution in [3.8, 4) is 11.4 Å². The van der Waals surface area contributed by atoms with Crippen molar-refractivity contribution in [2.75, 3.05) is 44.5 Å². The van der Waals surface area contributed by atoms with Gasteiger partial charge >= 0.3 is 0 Å². The lowest BCUT2D eigenvalue weighted by molar-refractivity contribution is -0.131.